The maximum absolute atomic E-state index is 5.27. The molecule has 0 saturated carbocycles. The lowest BCUT2D eigenvalue weighted by Gasteiger charge is -2.16. The van der Waals surface area contributed by atoms with Crippen LogP contribution in [0.4, 0.5) is 0 Å². The van der Waals surface area contributed by atoms with Gasteiger partial charge in [-0.15, -0.1) is 0 Å². The van der Waals surface area contributed by atoms with Crippen LogP contribution in [0.5, 0.6) is 0 Å². The molecule has 0 N–H and O–H groups in total. The highest BCUT2D eigenvalue weighted by Crippen LogP contribution is 2.05. The molecule has 0 amide bonds. The molecule has 0 saturated heterocycles. The predicted molar refractivity (Wildman–Crippen MR) is 55.9 cm³/mol. The third kappa shape index (κ3) is 5.98. The molecule has 0 aromatic heterocycles. The van der Waals surface area contributed by atoms with Crippen LogP contribution >= 0.6 is 0 Å². The quantitative estimate of drug-likeness (QED) is 0.500. The summed E-state index contributed by atoms with van der Waals surface area (Å²) in [7, 11) is 1.63. The second kappa shape index (κ2) is 6.83. The highest BCUT2D eigenvalue weighted by Gasteiger charge is 2.12. The lowest BCUT2D eigenvalue weighted by atomic mass is 10.1. The van der Waals surface area contributed by atoms with Crippen molar-refractivity contribution in [1.82, 2.24) is 0 Å². The SMILES string of the molecule is CCOC(C#CC(C)(C)OC)OCC. The summed E-state index contributed by atoms with van der Waals surface area (Å²) in [5.74, 6) is 5.85. The van der Waals surface area contributed by atoms with E-state index >= 15 is 0 Å². The molecular formula is C11H20O3. The molecular weight excluding hydrogens is 180 g/mol. The van der Waals surface area contributed by atoms with Gasteiger partial charge in [0.2, 0.25) is 6.29 Å². The molecule has 82 valence electrons. The van der Waals surface area contributed by atoms with E-state index in [1.807, 2.05) is 27.7 Å². The molecule has 0 spiro atoms. The highest BCUT2D eigenvalue weighted by molar-refractivity contribution is 5.12. The second-order valence-electron chi connectivity index (χ2n) is 3.23. The molecule has 0 atom stereocenters. The van der Waals surface area contributed by atoms with Crippen LogP contribution < -0.4 is 0 Å². The second-order valence-corrected chi connectivity index (χ2v) is 3.23. The molecule has 0 aliphatic carbocycles. The average molecular weight is 200 g/mol. The molecule has 0 unspecified atom stereocenters. The van der Waals surface area contributed by atoms with Gasteiger partial charge in [-0.25, -0.2) is 0 Å². The number of hydrogen-bond donors (Lipinski definition) is 0. The number of rotatable bonds is 5. The Morgan fingerprint density at radius 1 is 1.14 bits per heavy atom. The van der Waals surface area contributed by atoms with Gasteiger partial charge in [0.15, 0.2) is 0 Å². The van der Waals surface area contributed by atoms with Crippen LogP contribution in [0, 0.1) is 11.8 Å². The van der Waals surface area contributed by atoms with Gasteiger partial charge >= 0.3 is 0 Å². The number of hydrogen-bond acceptors (Lipinski definition) is 3. The Bertz CT molecular complexity index is 194. The van der Waals surface area contributed by atoms with Gasteiger partial charge in [0.05, 0.1) is 0 Å². The summed E-state index contributed by atoms with van der Waals surface area (Å²) < 4.78 is 15.7. The van der Waals surface area contributed by atoms with Gasteiger partial charge in [-0.2, -0.15) is 0 Å². The van der Waals surface area contributed by atoms with Crippen molar-refractivity contribution in [3.63, 3.8) is 0 Å². The van der Waals surface area contributed by atoms with Crippen molar-refractivity contribution < 1.29 is 14.2 Å². The van der Waals surface area contributed by atoms with Crippen LogP contribution in [0.1, 0.15) is 27.7 Å². The van der Waals surface area contributed by atoms with E-state index in [0.717, 1.165) is 0 Å². The Morgan fingerprint density at radius 3 is 2.00 bits per heavy atom. The lowest BCUT2D eigenvalue weighted by Crippen LogP contribution is -2.22. The van der Waals surface area contributed by atoms with Crippen LogP contribution in [0.3, 0.4) is 0 Å². The van der Waals surface area contributed by atoms with E-state index in [4.69, 9.17) is 14.2 Å². The van der Waals surface area contributed by atoms with Gasteiger partial charge < -0.3 is 14.2 Å². The van der Waals surface area contributed by atoms with E-state index in [1.165, 1.54) is 0 Å². The van der Waals surface area contributed by atoms with Gasteiger partial charge in [0.25, 0.3) is 0 Å². The molecule has 3 nitrogen and oxygen atoms in total. The van der Waals surface area contributed by atoms with Crippen LogP contribution in [-0.4, -0.2) is 32.2 Å². The molecule has 0 aliphatic rings. The van der Waals surface area contributed by atoms with Gasteiger partial charge in [0.1, 0.15) is 5.60 Å². The first kappa shape index (κ1) is 13.4. The van der Waals surface area contributed by atoms with Crippen LogP contribution in [-0.2, 0) is 14.2 Å². The summed E-state index contributed by atoms with van der Waals surface area (Å²) in [5, 5.41) is 0. The summed E-state index contributed by atoms with van der Waals surface area (Å²) in [4.78, 5) is 0. The van der Waals surface area contributed by atoms with E-state index in [-0.39, 0.29) is 0 Å². The van der Waals surface area contributed by atoms with Crippen molar-refractivity contribution in [2.45, 2.75) is 39.6 Å². The van der Waals surface area contributed by atoms with Crippen molar-refractivity contribution >= 4 is 0 Å². The van der Waals surface area contributed by atoms with Gasteiger partial charge in [-0.3, -0.25) is 0 Å². The van der Waals surface area contributed by atoms with E-state index in [0.29, 0.717) is 13.2 Å². The first-order valence-electron chi connectivity index (χ1n) is 4.86. The number of ether oxygens (including phenoxy) is 3. The fourth-order valence-corrected chi connectivity index (χ4v) is 0.718. The van der Waals surface area contributed by atoms with Crippen molar-refractivity contribution in [1.29, 1.82) is 0 Å². The van der Waals surface area contributed by atoms with Crippen LogP contribution in [0.15, 0.2) is 0 Å². The summed E-state index contributed by atoms with van der Waals surface area (Å²) in [6.45, 7) is 8.80. The smallest absolute Gasteiger partial charge is 0.222 e. The van der Waals surface area contributed by atoms with E-state index in [9.17, 15) is 0 Å². The van der Waals surface area contributed by atoms with Crippen molar-refractivity contribution in [3.8, 4) is 11.8 Å². The molecule has 0 fully saturated rings. The maximum Gasteiger partial charge on any atom is 0.222 e. The van der Waals surface area contributed by atoms with Gasteiger partial charge in [-0.1, -0.05) is 5.92 Å². The minimum absolute atomic E-state index is 0.445. The zero-order chi connectivity index (χ0) is 11.0. The minimum Gasteiger partial charge on any atom is -0.366 e. The topological polar surface area (TPSA) is 27.7 Å². The van der Waals surface area contributed by atoms with E-state index < -0.39 is 11.9 Å². The molecule has 0 heterocycles. The monoisotopic (exact) mass is 200 g/mol. The van der Waals surface area contributed by atoms with Crippen molar-refractivity contribution in [2.24, 2.45) is 0 Å². The molecule has 3 heteroatoms. The molecule has 0 aliphatic heterocycles. The Kier molecular flexibility index (Phi) is 6.56. The highest BCUT2D eigenvalue weighted by atomic mass is 16.7. The van der Waals surface area contributed by atoms with Gasteiger partial charge in [0, 0.05) is 20.3 Å². The zero-order valence-corrected chi connectivity index (χ0v) is 9.72. The Morgan fingerprint density at radius 2 is 1.64 bits per heavy atom. The fraction of sp³-hybridized carbons (Fsp3) is 0.818. The standard InChI is InChI=1S/C11H20O3/c1-6-13-10(14-7-2)8-9-11(3,4)12-5/h10H,6-7H2,1-5H3. The van der Waals surface area contributed by atoms with Crippen LogP contribution in [0.25, 0.3) is 0 Å². The Hall–Kier alpha value is -0.560. The third-order valence-corrected chi connectivity index (χ3v) is 1.64. The molecule has 14 heavy (non-hydrogen) atoms. The Labute approximate surface area is 86.7 Å². The summed E-state index contributed by atoms with van der Waals surface area (Å²) in [5.41, 5.74) is -0.452. The summed E-state index contributed by atoms with van der Waals surface area (Å²) >= 11 is 0. The molecule has 0 radical (unpaired) electrons. The molecule has 0 rings (SSSR count). The van der Waals surface area contributed by atoms with E-state index in [1.54, 1.807) is 7.11 Å². The summed E-state index contributed by atoms with van der Waals surface area (Å²) in [6.07, 6.45) is -0.445. The minimum atomic E-state index is -0.452. The number of methoxy groups -OCH3 is 1. The Balaban J connectivity index is 4.25. The molecule has 0 aromatic rings. The normalized spacial score (nSPS) is 11.3. The third-order valence-electron chi connectivity index (χ3n) is 1.64. The maximum atomic E-state index is 5.27. The first-order valence-corrected chi connectivity index (χ1v) is 4.86. The largest absolute Gasteiger partial charge is 0.366 e. The van der Waals surface area contributed by atoms with Gasteiger partial charge in [-0.05, 0) is 33.6 Å². The predicted octanol–water partition coefficient (Wildman–Crippen LogP) is 1.81. The first-order chi connectivity index (χ1) is 6.55. The summed E-state index contributed by atoms with van der Waals surface area (Å²) in [6, 6.07) is 0. The van der Waals surface area contributed by atoms with Crippen LogP contribution in [0.2, 0.25) is 0 Å². The van der Waals surface area contributed by atoms with Crippen molar-refractivity contribution in [2.75, 3.05) is 20.3 Å². The van der Waals surface area contributed by atoms with Crippen molar-refractivity contribution in [3.05, 3.63) is 0 Å². The molecule has 0 bridgehead atoms. The zero-order valence-electron chi connectivity index (χ0n) is 9.72. The van der Waals surface area contributed by atoms with E-state index in [2.05, 4.69) is 11.8 Å². The fourth-order valence-electron chi connectivity index (χ4n) is 0.718. The average Bonchev–Trinajstić information content (AvgIpc) is 2.15. The molecule has 0 aromatic carbocycles. The lowest BCUT2D eigenvalue weighted by molar-refractivity contribution is -0.0973.